The van der Waals surface area contributed by atoms with Gasteiger partial charge in [0.15, 0.2) is 6.61 Å². The molecule has 27 heavy (non-hydrogen) atoms. The first-order chi connectivity index (χ1) is 12.8. The molecule has 0 saturated heterocycles. The number of aromatic nitrogens is 1. The fourth-order valence-corrected chi connectivity index (χ4v) is 3.50. The predicted molar refractivity (Wildman–Crippen MR) is 93.5 cm³/mol. The van der Waals surface area contributed by atoms with Gasteiger partial charge in [-0.2, -0.15) is 0 Å². The molecule has 11 heteroatoms. The number of hydrogen-bond acceptors (Lipinski definition) is 7. The maximum Gasteiger partial charge on any atom is 0.323 e. The number of sulfonamides is 1. The number of aliphatic carboxylic acids is 1. The van der Waals surface area contributed by atoms with Crippen LogP contribution in [0.2, 0.25) is 0 Å². The standard InChI is InChI=1S/C16H15N3O7S/c1-25-14-5-2-10(7-17-14)18-27(23,24)11-3-4-13-12(6-11)19(8-16(21)22)15(20)9-26-13/h2-7,18H,8-9H2,1H3,(H,21,22). The summed E-state index contributed by atoms with van der Waals surface area (Å²) in [6, 6.07) is 6.83. The topological polar surface area (TPSA) is 135 Å². The molecule has 2 aromatic rings. The van der Waals surface area contributed by atoms with Crippen LogP contribution in [0.1, 0.15) is 0 Å². The highest BCUT2D eigenvalue weighted by Crippen LogP contribution is 2.34. The number of methoxy groups -OCH3 is 1. The molecule has 10 nitrogen and oxygen atoms in total. The van der Waals surface area contributed by atoms with E-state index in [2.05, 4.69) is 9.71 Å². The van der Waals surface area contributed by atoms with Crippen LogP contribution in [0.3, 0.4) is 0 Å². The summed E-state index contributed by atoms with van der Waals surface area (Å²) >= 11 is 0. The van der Waals surface area contributed by atoms with Crippen molar-refractivity contribution < 1.29 is 32.6 Å². The third-order valence-corrected chi connectivity index (χ3v) is 5.05. The molecule has 0 spiro atoms. The number of carbonyl (C=O) groups is 2. The number of benzene rings is 1. The molecule has 0 radical (unpaired) electrons. The molecular weight excluding hydrogens is 378 g/mol. The van der Waals surface area contributed by atoms with E-state index in [1.165, 1.54) is 43.6 Å². The molecule has 2 heterocycles. The molecule has 0 atom stereocenters. The van der Waals surface area contributed by atoms with E-state index >= 15 is 0 Å². The van der Waals surface area contributed by atoms with Crippen molar-refractivity contribution in [3.05, 3.63) is 36.5 Å². The Morgan fingerprint density at radius 3 is 2.78 bits per heavy atom. The number of carbonyl (C=O) groups excluding carboxylic acids is 1. The molecule has 1 amide bonds. The van der Waals surface area contributed by atoms with Crippen molar-refractivity contribution in [2.75, 3.05) is 29.9 Å². The lowest BCUT2D eigenvalue weighted by atomic mass is 10.2. The Bertz CT molecular complexity index is 990. The van der Waals surface area contributed by atoms with Gasteiger partial charge in [-0.3, -0.25) is 19.2 Å². The highest BCUT2D eigenvalue weighted by atomic mass is 32.2. The Morgan fingerprint density at radius 1 is 1.37 bits per heavy atom. The number of carboxylic acids is 1. The average molecular weight is 393 g/mol. The first-order valence-corrected chi connectivity index (χ1v) is 9.10. The Morgan fingerprint density at radius 2 is 2.15 bits per heavy atom. The highest BCUT2D eigenvalue weighted by Gasteiger charge is 2.29. The normalized spacial score (nSPS) is 13.5. The van der Waals surface area contributed by atoms with Crippen LogP contribution in [0.15, 0.2) is 41.4 Å². The fourth-order valence-electron chi connectivity index (χ4n) is 2.43. The number of hydrogen-bond donors (Lipinski definition) is 2. The molecule has 0 saturated carbocycles. The Labute approximate surface area is 154 Å². The number of rotatable bonds is 6. The summed E-state index contributed by atoms with van der Waals surface area (Å²) in [4.78, 5) is 27.7. The van der Waals surface area contributed by atoms with Gasteiger partial charge in [-0.25, -0.2) is 13.4 Å². The third-order valence-electron chi connectivity index (χ3n) is 3.67. The van der Waals surface area contributed by atoms with Gasteiger partial charge in [0.1, 0.15) is 12.3 Å². The molecule has 142 valence electrons. The average Bonchev–Trinajstić information content (AvgIpc) is 2.64. The smallest absolute Gasteiger partial charge is 0.323 e. The number of pyridine rings is 1. The molecule has 1 aliphatic rings. The number of ether oxygens (including phenoxy) is 2. The van der Waals surface area contributed by atoms with E-state index in [-0.39, 0.29) is 28.6 Å². The Hall–Kier alpha value is -3.34. The van der Waals surface area contributed by atoms with Crippen molar-refractivity contribution >= 4 is 33.3 Å². The Kier molecular flexibility index (Phi) is 4.86. The summed E-state index contributed by atoms with van der Waals surface area (Å²) in [6.45, 7) is -0.920. The van der Waals surface area contributed by atoms with Gasteiger partial charge in [0, 0.05) is 6.07 Å². The van der Waals surface area contributed by atoms with Gasteiger partial charge in [-0.15, -0.1) is 0 Å². The van der Waals surface area contributed by atoms with Crippen molar-refractivity contribution in [1.82, 2.24) is 4.98 Å². The van der Waals surface area contributed by atoms with E-state index in [1.807, 2.05) is 0 Å². The second kappa shape index (κ2) is 7.11. The summed E-state index contributed by atoms with van der Waals surface area (Å²) in [6.07, 6.45) is 1.29. The molecule has 2 N–H and O–H groups in total. The molecular formula is C16H15N3O7S. The van der Waals surface area contributed by atoms with Gasteiger partial charge in [0.2, 0.25) is 5.88 Å². The first kappa shape index (κ1) is 18.5. The largest absolute Gasteiger partial charge is 0.482 e. The van der Waals surface area contributed by atoms with Gasteiger partial charge in [-0.05, 0) is 24.3 Å². The van der Waals surface area contributed by atoms with E-state index in [0.717, 1.165) is 4.90 Å². The second-order valence-electron chi connectivity index (χ2n) is 5.49. The van der Waals surface area contributed by atoms with Crippen LogP contribution in [0, 0.1) is 0 Å². The van der Waals surface area contributed by atoms with Crippen LogP contribution in [0.5, 0.6) is 11.6 Å². The Balaban J connectivity index is 1.93. The van der Waals surface area contributed by atoms with Crippen molar-refractivity contribution in [2.45, 2.75) is 4.90 Å². The SMILES string of the molecule is COc1ccc(NS(=O)(=O)c2ccc3c(c2)N(CC(=O)O)C(=O)CO3)cn1. The van der Waals surface area contributed by atoms with E-state index in [0.29, 0.717) is 5.88 Å². The number of amides is 1. The number of carboxylic acid groups (broad SMARTS) is 1. The lowest BCUT2D eigenvalue weighted by Crippen LogP contribution is -2.42. The van der Waals surface area contributed by atoms with E-state index < -0.39 is 28.4 Å². The van der Waals surface area contributed by atoms with Gasteiger partial charge in [-0.1, -0.05) is 0 Å². The molecule has 1 aromatic heterocycles. The minimum absolute atomic E-state index is 0.0735. The lowest BCUT2D eigenvalue weighted by Gasteiger charge is -2.28. The van der Waals surface area contributed by atoms with E-state index in [4.69, 9.17) is 14.6 Å². The minimum atomic E-state index is -4.01. The summed E-state index contributed by atoms with van der Waals surface area (Å²) in [7, 11) is -2.57. The number of anilines is 2. The van der Waals surface area contributed by atoms with Crippen LogP contribution in [0.25, 0.3) is 0 Å². The molecule has 0 fully saturated rings. The van der Waals surface area contributed by atoms with Gasteiger partial charge in [0.25, 0.3) is 15.9 Å². The van der Waals surface area contributed by atoms with Crippen LogP contribution in [-0.4, -0.2) is 50.6 Å². The third kappa shape index (κ3) is 3.92. The van der Waals surface area contributed by atoms with Crippen molar-refractivity contribution in [3.8, 4) is 11.6 Å². The second-order valence-corrected chi connectivity index (χ2v) is 7.17. The monoisotopic (exact) mass is 393 g/mol. The predicted octanol–water partition coefficient (Wildman–Crippen LogP) is 0.701. The molecule has 0 aliphatic carbocycles. The number of nitrogens with zero attached hydrogens (tertiary/aromatic N) is 2. The molecule has 3 rings (SSSR count). The zero-order valence-corrected chi connectivity index (χ0v) is 14.9. The number of nitrogens with one attached hydrogen (secondary N) is 1. The minimum Gasteiger partial charge on any atom is -0.482 e. The number of fused-ring (bicyclic) bond motifs is 1. The van der Waals surface area contributed by atoms with Crippen molar-refractivity contribution in [2.24, 2.45) is 0 Å². The van der Waals surface area contributed by atoms with Gasteiger partial charge < -0.3 is 14.6 Å². The highest BCUT2D eigenvalue weighted by molar-refractivity contribution is 7.92. The van der Waals surface area contributed by atoms with Gasteiger partial charge in [0.05, 0.1) is 29.6 Å². The van der Waals surface area contributed by atoms with Crippen LogP contribution >= 0.6 is 0 Å². The van der Waals surface area contributed by atoms with Gasteiger partial charge >= 0.3 is 5.97 Å². The van der Waals surface area contributed by atoms with Crippen molar-refractivity contribution in [1.29, 1.82) is 0 Å². The lowest BCUT2D eigenvalue weighted by molar-refractivity contribution is -0.137. The van der Waals surface area contributed by atoms with Crippen LogP contribution in [-0.2, 0) is 19.6 Å². The maximum atomic E-state index is 12.6. The maximum absolute atomic E-state index is 12.6. The van der Waals surface area contributed by atoms with Crippen LogP contribution in [0.4, 0.5) is 11.4 Å². The fraction of sp³-hybridized carbons (Fsp3) is 0.188. The molecule has 0 unspecified atom stereocenters. The van der Waals surface area contributed by atoms with E-state index in [1.54, 1.807) is 0 Å². The first-order valence-electron chi connectivity index (χ1n) is 7.62. The summed E-state index contributed by atoms with van der Waals surface area (Å²) in [5.41, 5.74) is 0.285. The van der Waals surface area contributed by atoms with Crippen molar-refractivity contribution in [3.63, 3.8) is 0 Å². The molecule has 0 bridgehead atoms. The zero-order valence-electron chi connectivity index (χ0n) is 14.1. The van der Waals surface area contributed by atoms with E-state index in [9.17, 15) is 18.0 Å². The quantitative estimate of drug-likeness (QED) is 0.732. The summed E-state index contributed by atoms with van der Waals surface area (Å²) in [5.74, 6) is -1.26. The summed E-state index contributed by atoms with van der Waals surface area (Å²) < 4.78 is 37.7. The molecule has 1 aromatic carbocycles. The van der Waals surface area contributed by atoms with Crippen LogP contribution < -0.4 is 19.1 Å². The molecule has 1 aliphatic heterocycles. The summed E-state index contributed by atoms with van der Waals surface area (Å²) in [5, 5.41) is 8.99. The zero-order chi connectivity index (χ0) is 19.6.